The van der Waals surface area contributed by atoms with E-state index in [1.807, 2.05) is 0 Å². The molecule has 0 fully saturated rings. The number of esters is 1. The standard InChI is InChI=1S/C12H12N2O3/c1-3-17-12(16)11(15)8-5-4-6-9-10(8)14(2)7-13-9/h4-7H,3H2,1-2H3. The summed E-state index contributed by atoms with van der Waals surface area (Å²) in [5.74, 6) is -1.47. The number of carbonyl (C=O) groups excluding carboxylic acids is 2. The van der Waals surface area contributed by atoms with Gasteiger partial charge in [0.1, 0.15) is 0 Å². The molecule has 0 radical (unpaired) electrons. The molecule has 17 heavy (non-hydrogen) atoms. The van der Waals surface area contributed by atoms with Gasteiger partial charge in [0.25, 0.3) is 5.78 Å². The zero-order valence-electron chi connectivity index (χ0n) is 9.64. The van der Waals surface area contributed by atoms with E-state index in [4.69, 9.17) is 4.74 Å². The molecule has 0 aliphatic carbocycles. The number of carbonyl (C=O) groups is 2. The number of hydrogen-bond acceptors (Lipinski definition) is 4. The summed E-state index contributed by atoms with van der Waals surface area (Å²) in [4.78, 5) is 27.4. The highest BCUT2D eigenvalue weighted by atomic mass is 16.5. The summed E-state index contributed by atoms with van der Waals surface area (Å²) in [6.07, 6.45) is 1.60. The summed E-state index contributed by atoms with van der Waals surface area (Å²) in [5.41, 5.74) is 1.65. The van der Waals surface area contributed by atoms with Crippen LogP contribution in [-0.4, -0.2) is 27.9 Å². The fourth-order valence-corrected chi connectivity index (χ4v) is 1.70. The Labute approximate surface area is 98.0 Å². The maximum atomic E-state index is 11.9. The average Bonchev–Trinajstić information content (AvgIpc) is 2.71. The summed E-state index contributed by atoms with van der Waals surface area (Å²) < 4.78 is 6.42. The Morgan fingerprint density at radius 1 is 1.41 bits per heavy atom. The molecule has 88 valence electrons. The fraction of sp³-hybridized carbons (Fsp3) is 0.250. The second-order valence-corrected chi connectivity index (χ2v) is 3.58. The Balaban J connectivity index is 2.51. The molecule has 1 aromatic carbocycles. The maximum Gasteiger partial charge on any atom is 0.379 e. The van der Waals surface area contributed by atoms with E-state index in [1.165, 1.54) is 0 Å². The number of Topliss-reactive ketones (excluding diaryl/α,β-unsaturated/α-hetero) is 1. The molecule has 0 unspecified atom stereocenters. The van der Waals surface area contributed by atoms with Crippen molar-refractivity contribution in [1.29, 1.82) is 0 Å². The van der Waals surface area contributed by atoms with Crippen molar-refractivity contribution in [2.24, 2.45) is 7.05 Å². The van der Waals surface area contributed by atoms with Gasteiger partial charge in [0.05, 0.1) is 29.5 Å². The van der Waals surface area contributed by atoms with Gasteiger partial charge in [-0.3, -0.25) is 4.79 Å². The van der Waals surface area contributed by atoms with Crippen molar-refractivity contribution in [2.75, 3.05) is 6.61 Å². The summed E-state index contributed by atoms with van der Waals surface area (Å²) >= 11 is 0. The van der Waals surface area contributed by atoms with E-state index in [9.17, 15) is 9.59 Å². The van der Waals surface area contributed by atoms with Crippen molar-refractivity contribution in [3.05, 3.63) is 30.1 Å². The summed E-state index contributed by atoms with van der Waals surface area (Å²) in [7, 11) is 1.78. The van der Waals surface area contributed by atoms with Gasteiger partial charge in [-0.15, -0.1) is 0 Å². The molecule has 0 bridgehead atoms. The number of imidazole rings is 1. The summed E-state index contributed by atoms with van der Waals surface area (Å²) in [6.45, 7) is 1.85. The number of aryl methyl sites for hydroxylation is 1. The molecular weight excluding hydrogens is 220 g/mol. The molecule has 0 atom stereocenters. The van der Waals surface area contributed by atoms with Crippen LogP contribution in [-0.2, 0) is 16.6 Å². The van der Waals surface area contributed by atoms with E-state index in [1.54, 1.807) is 43.1 Å². The zero-order chi connectivity index (χ0) is 12.4. The van der Waals surface area contributed by atoms with Crippen LogP contribution in [0.2, 0.25) is 0 Å². The third-order valence-electron chi connectivity index (χ3n) is 2.44. The van der Waals surface area contributed by atoms with Crippen LogP contribution in [0.5, 0.6) is 0 Å². The molecule has 1 heterocycles. The van der Waals surface area contributed by atoms with Crippen LogP contribution < -0.4 is 0 Å². The van der Waals surface area contributed by atoms with Crippen molar-refractivity contribution in [3.63, 3.8) is 0 Å². The van der Waals surface area contributed by atoms with E-state index in [0.717, 1.165) is 0 Å². The molecule has 0 aliphatic heterocycles. The molecule has 1 aromatic heterocycles. The van der Waals surface area contributed by atoms with Crippen LogP contribution >= 0.6 is 0 Å². The molecule has 0 saturated carbocycles. The number of fused-ring (bicyclic) bond motifs is 1. The lowest BCUT2D eigenvalue weighted by Gasteiger charge is -2.03. The largest absolute Gasteiger partial charge is 0.460 e. The van der Waals surface area contributed by atoms with Gasteiger partial charge in [-0.05, 0) is 19.1 Å². The van der Waals surface area contributed by atoms with Crippen LogP contribution in [0.1, 0.15) is 17.3 Å². The predicted molar refractivity (Wildman–Crippen MR) is 61.7 cm³/mol. The SMILES string of the molecule is CCOC(=O)C(=O)c1cccc2ncn(C)c12. The van der Waals surface area contributed by atoms with Crippen molar-refractivity contribution in [2.45, 2.75) is 6.92 Å². The van der Waals surface area contributed by atoms with Gasteiger partial charge in [0.2, 0.25) is 0 Å². The van der Waals surface area contributed by atoms with E-state index in [-0.39, 0.29) is 6.61 Å². The van der Waals surface area contributed by atoms with Crippen molar-refractivity contribution < 1.29 is 14.3 Å². The Kier molecular flexibility index (Phi) is 2.91. The second kappa shape index (κ2) is 4.37. The molecular formula is C12H12N2O3. The Morgan fingerprint density at radius 3 is 2.88 bits per heavy atom. The number of ketones is 1. The van der Waals surface area contributed by atoms with Crippen molar-refractivity contribution in [1.82, 2.24) is 9.55 Å². The quantitative estimate of drug-likeness (QED) is 0.455. The van der Waals surface area contributed by atoms with Crippen LogP contribution in [0.25, 0.3) is 11.0 Å². The molecule has 0 aliphatic rings. The van der Waals surface area contributed by atoms with Gasteiger partial charge in [-0.1, -0.05) is 6.07 Å². The Hall–Kier alpha value is -2.17. The number of rotatable bonds is 3. The summed E-state index contributed by atoms with van der Waals surface area (Å²) in [5, 5.41) is 0. The first kappa shape index (κ1) is 11.3. The number of para-hydroxylation sites is 1. The van der Waals surface area contributed by atoms with Gasteiger partial charge >= 0.3 is 5.97 Å². The smallest absolute Gasteiger partial charge is 0.379 e. The highest BCUT2D eigenvalue weighted by Crippen LogP contribution is 2.17. The first-order valence-corrected chi connectivity index (χ1v) is 5.26. The van der Waals surface area contributed by atoms with Gasteiger partial charge in [0, 0.05) is 7.05 Å². The zero-order valence-corrected chi connectivity index (χ0v) is 9.64. The third-order valence-corrected chi connectivity index (χ3v) is 2.44. The molecule has 0 spiro atoms. The number of hydrogen-bond donors (Lipinski definition) is 0. The minimum absolute atomic E-state index is 0.186. The fourth-order valence-electron chi connectivity index (χ4n) is 1.70. The van der Waals surface area contributed by atoms with Gasteiger partial charge < -0.3 is 9.30 Å². The van der Waals surface area contributed by atoms with Crippen LogP contribution in [0, 0.1) is 0 Å². The average molecular weight is 232 g/mol. The highest BCUT2D eigenvalue weighted by Gasteiger charge is 2.21. The lowest BCUT2D eigenvalue weighted by Crippen LogP contribution is -2.18. The number of aromatic nitrogens is 2. The lowest BCUT2D eigenvalue weighted by molar-refractivity contribution is -0.137. The number of nitrogens with zero attached hydrogens (tertiary/aromatic N) is 2. The molecule has 5 heteroatoms. The summed E-state index contributed by atoms with van der Waals surface area (Å²) in [6, 6.07) is 5.09. The second-order valence-electron chi connectivity index (χ2n) is 3.58. The first-order chi connectivity index (χ1) is 8.15. The topological polar surface area (TPSA) is 61.2 Å². The molecule has 2 rings (SSSR count). The number of ether oxygens (including phenoxy) is 1. The lowest BCUT2D eigenvalue weighted by atomic mass is 10.1. The first-order valence-electron chi connectivity index (χ1n) is 5.26. The predicted octanol–water partition coefficient (Wildman–Crippen LogP) is 1.32. The van der Waals surface area contributed by atoms with Gasteiger partial charge in [0.15, 0.2) is 0 Å². The van der Waals surface area contributed by atoms with Crippen LogP contribution in [0.3, 0.4) is 0 Å². The number of benzene rings is 1. The van der Waals surface area contributed by atoms with Gasteiger partial charge in [-0.25, -0.2) is 9.78 Å². The van der Waals surface area contributed by atoms with Gasteiger partial charge in [-0.2, -0.15) is 0 Å². The van der Waals surface area contributed by atoms with Crippen molar-refractivity contribution >= 4 is 22.8 Å². The molecule has 2 aromatic rings. The van der Waals surface area contributed by atoms with E-state index in [2.05, 4.69) is 4.98 Å². The van der Waals surface area contributed by atoms with E-state index in [0.29, 0.717) is 16.6 Å². The minimum Gasteiger partial charge on any atom is -0.460 e. The third kappa shape index (κ3) is 1.91. The van der Waals surface area contributed by atoms with E-state index >= 15 is 0 Å². The van der Waals surface area contributed by atoms with Crippen LogP contribution in [0.15, 0.2) is 24.5 Å². The Bertz CT molecular complexity index is 586. The minimum atomic E-state index is -0.832. The molecule has 0 saturated heterocycles. The molecule has 0 N–H and O–H groups in total. The monoisotopic (exact) mass is 232 g/mol. The molecule has 0 amide bonds. The highest BCUT2D eigenvalue weighted by molar-refractivity contribution is 6.42. The molecule has 5 nitrogen and oxygen atoms in total. The Morgan fingerprint density at radius 2 is 2.18 bits per heavy atom. The van der Waals surface area contributed by atoms with E-state index < -0.39 is 11.8 Å². The van der Waals surface area contributed by atoms with Crippen LogP contribution in [0.4, 0.5) is 0 Å². The van der Waals surface area contributed by atoms with Crippen molar-refractivity contribution in [3.8, 4) is 0 Å². The maximum absolute atomic E-state index is 11.9. The normalized spacial score (nSPS) is 10.5.